The normalized spacial score (nSPS) is 15.6. The number of rotatable bonds is 6. The van der Waals surface area contributed by atoms with Gasteiger partial charge in [0, 0.05) is 30.0 Å². The van der Waals surface area contributed by atoms with Crippen LogP contribution in [0.5, 0.6) is 0 Å². The lowest BCUT2D eigenvalue weighted by Gasteiger charge is -2.35. The first-order chi connectivity index (χ1) is 11.3. The van der Waals surface area contributed by atoms with Crippen LogP contribution in [-0.4, -0.2) is 34.4 Å². The van der Waals surface area contributed by atoms with Crippen LogP contribution >= 0.6 is 15.9 Å². The summed E-state index contributed by atoms with van der Waals surface area (Å²) in [5, 5.41) is 0.996. The van der Waals surface area contributed by atoms with E-state index in [-0.39, 0.29) is 16.5 Å². The van der Waals surface area contributed by atoms with Crippen LogP contribution in [0.3, 0.4) is 0 Å². The zero-order valence-corrected chi connectivity index (χ0v) is 17.5. The van der Waals surface area contributed by atoms with Crippen LogP contribution in [0.4, 0.5) is 8.78 Å². The van der Waals surface area contributed by atoms with Crippen molar-refractivity contribution in [3.8, 4) is 0 Å². The molecule has 1 unspecified atom stereocenters. The Morgan fingerprint density at radius 3 is 2.36 bits per heavy atom. The van der Waals surface area contributed by atoms with E-state index in [0.29, 0.717) is 0 Å². The van der Waals surface area contributed by atoms with Gasteiger partial charge in [0.15, 0.2) is 0 Å². The summed E-state index contributed by atoms with van der Waals surface area (Å²) in [4.78, 5) is 17.2. The number of hydrogen-bond acceptors (Lipinski definition) is 4. The maximum atomic E-state index is 14.5. The highest BCUT2D eigenvalue weighted by Gasteiger charge is 2.41. The molecule has 0 fully saturated rings. The minimum atomic E-state index is -1.60. The lowest BCUT2D eigenvalue weighted by molar-refractivity contribution is -0.170. The fraction of sp³-hybridized carbons (Fsp3) is 0.562. The van der Waals surface area contributed by atoms with E-state index in [1.165, 1.54) is 20.2 Å². The number of carbonyl (C=O) groups excluding carboxylic acids is 1. The molecule has 1 aromatic rings. The monoisotopic (exact) mass is 440 g/mol. The van der Waals surface area contributed by atoms with Crippen molar-refractivity contribution in [2.45, 2.75) is 44.4 Å². The Kier molecular flexibility index (Phi) is 7.41. The van der Waals surface area contributed by atoms with Crippen LogP contribution in [0.15, 0.2) is 16.6 Å². The van der Waals surface area contributed by atoms with Crippen molar-refractivity contribution in [1.29, 1.82) is 0 Å². The average Bonchev–Trinajstić information content (AvgIpc) is 2.48. The number of hydrogen-bond donors (Lipinski definition) is 1. The number of nitrogens with one attached hydrogen (secondary N) is 1. The molecule has 0 aliphatic rings. The molecule has 142 valence electrons. The minimum Gasteiger partial charge on any atom is -0.598 e. The van der Waals surface area contributed by atoms with Gasteiger partial charge in [0.05, 0.1) is 23.5 Å². The smallest absolute Gasteiger partial charge is 0.248 e. The van der Waals surface area contributed by atoms with E-state index in [1.807, 2.05) is 0 Å². The Bertz CT molecular complexity index is 643. The molecule has 0 radical (unpaired) electrons. The van der Waals surface area contributed by atoms with Crippen LogP contribution in [0, 0.1) is 11.6 Å². The lowest BCUT2D eigenvalue weighted by atomic mass is 9.89. The van der Waals surface area contributed by atoms with Gasteiger partial charge < -0.3 is 4.55 Å². The molecule has 0 bridgehead atoms. The Labute approximate surface area is 158 Å². The number of hydroxylamine groups is 2. The van der Waals surface area contributed by atoms with Crippen molar-refractivity contribution in [1.82, 2.24) is 9.79 Å². The Morgan fingerprint density at radius 2 is 1.88 bits per heavy atom. The van der Waals surface area contributed by atoms with Crippen molar-refractivity contribution in [3.05, 3.63) is 33.8 Å². The number of halogens is 3. The number of amides is 1. The topological polar surface area (TPSA) is 64.6 Å². The van der Waals surface area contributed by atoms with E-state index < -0.39 is 39.2 Å². The van der Waals surface area contributed by atoms with Gasteiger partial charge in [-0.3, -0.25) is 9.63 Å². The molecule has 1 aromatic carbocycles. The van der Waals surface area contributed by atoms with Gasteiger partial charge in [0.25, 0.3) is 0 Å². The quantitative estimate of drug-likeness (QED) is 0.418. The third-order valence-corrected chi connectivity index (χ3v) is 5.96. The third kappa shape index (κ3) is 5.62. The first-order valence-corrected chi connectivity index (χ1v) is 9.41. The number of nitrogens with zero attached hydrogens (tertiary/aromatic N) is 1. The number of carbonyl (C=O) groups is 1. The fourth-order valence-corrected chi connectivity index (χ4v) is 3.25. The van der Waals surface area contributed by atoms with E-state index >= 15 is 0 Å². The van der Waals surface area contributed by atoms with Crippen molar-refractivity contribution < 1.29 is 23.0 Å². The summed E-state index contributed by atoms with van der Waals surface area (Å²) in [6, 6.07) is 1.97. The summed E-state index contributed by atoms with van der Waals surface area (Å²) in [6.45, 7) is 6.78. The second-order valence-corrected chi connectivity index (χ2v) is 9.63. The predicted octanol–water partition coefficient (Wildman–Crippen LogP) is 3.40. The molecule has 9 heteroatoms. The molecule has 5 nitrogen and oxygen atoms in total. The molecule has 0 spiro atoms. The van der Waals surface area contributed by atoms with Gasteiger partial charge in [-0.05, 0) is 49.7 Å². The SMILES string of the molecule is CON(C)C(=O)C[C@](C)(N[S+]([O-])C(C)(C)C)c1cc(Br)c(F)cc1F. The van der Waals surface area contributed by atoms with Crippen LogP contribution in [-0.2, 0) is 26.5 Å². The maximum absolute atomic E-state index is 14.5. The highest BCUT2D eigenvalue weighted by Crippen LogP contribution is 2.33. The molecule has 0 aliphatic heterocycles. The molecule has 1 N–H and O–H groups in total. The second-order valence-electron chi connectivity index (χ2n) is 6.81. The maximum Gasteiger partial charge on any atom is 0.248 e. The van der Waals surface area contributed by atoms with Gasteiger partial charge >= 0.3 is 0 Å². The largest absolute Gasteiger partial charge is 0.598 e. The third-order valence-electron chi connectivity index (χ3n) is 3.61. The van der Waals surface area contributed by atoms with Gasteiger partial charge in [-0.2, -0.15) is 0 Å². The Balaban J connectivity index is 3.37. The van der Waals surface area contributed by atoms with Gasteiger partial charge in [-0.25, -0.2) is 13.8 Å². The Morgan fingerprint density at radius 1 is 1.32 bits per heavy atom. The molecule has 2 atom stereocenters. The van der Waals surface area contributed by atoms with Crippen LogP contribution in [0.1, 0.15) is 39.7 Å². The zero-order chi connectivity index (χ0) is 19.6. The zero-order valence-electron chi connectivity index (χ0n) is 15.1. The summed E-state index contributed by atoms with van der Waals surface area (Å²) in [5.74, 6) is -2.06. The molecular formula is C16H23BrF2N2O3S. The predicted molar refractivity (Wildman–Crippen MR) is 96.8 cm³/mol. The van der Waals surface area contributed by atoms with Crippen molar-refractivity contribution in [2.75, 3.05) is 14.2 Å². The molecule has 1 amide bonds. The standard InChI is InChI=1S/C16H23BrF2N2O3S/c1-15(2,3)25(23)20-16(4,9-14(22)21(5)24-6)10-7-11(17)13(19)8-12(10)18/h7-8,20H,9H2,1-6H3/t16-,25?/m0/s1. The lowest BCUT2D eigenvalue weighted by Crippen LogP contribution is -2.52. The van der Waals surface area contributed by atoms with Crippen LogP contribution in [0.2, 0.25) is 0 Å². The van der Waals surface area contributed by atoms with Crippen LogP contribution < -0.4 is 4.72 Å². The first-order valence-electron chi connectivity index (χ1n) is 7.47. The second kappa shape index (κ2) is 8.30. The molecule has 0 saturated heterocycles. The minimum absolute atomic E-state index is 0.0243. The molecule has 25 heavy (non-hydrogen) atoms. The Hall–Kier alpha value is -0.740. The molecule has 0 aliphatic carbocycles. The summed E-state index contributed by atoms with van der Waals surface area (Å²) in [5.41, 5.74) is -1.32. The van der Waals surface area contributed by atoms with Gasteiger partial charge in [-0.1, -0.05) is 0 Å². The summed E-state index contributed by atoms with van der Waals surface area (Å²) in [7, 11) is 2.74. The van der Waals surface area contributed by atoms with E-state index in [2.05, 4.69) is 20.7 Å². The van der Waals surface area contributed by atoms with Gasteiger partial charge in [0.2, 0.25) is 5.91 Å². The van der Waals surface area contributed by atoms with E-state index in [1.54, 1.807) is 27.7 Å². The highest BCUT2D eigenvalue weighted by atomic mass is 79.9. The molecule has 0 aromatic heterocycles. The first kappa shape index (κ1) is 22.3. The number of benzene rings is 1. The summed E-state index contributed by atoms with van der Waals surface area (Å²) in [6.07, 6.45) is -0.242. The van der Waals surface area contributed by atoms with E-state index in [0.717, 1.165) is 11.1 Å². The van der Waals surface area contributed by atoms with Crippen LogP contribution in [0.25, 0.3) is 0 Å². The van der Waals surface area contributed by atoms with Crippen molar-refractivity contribution in [3.63, 3.8) is 0 Å². The average molecular weight is 441 g/mol. The van der Waals surface area contributed by atoms with Gasteiger partial charge in [-0.15, -0.1) is 4.72 Å². The van der Waals surface area contributed by atoms with E-state index in [4.69, 9.17) is 4.84 Å². The summed E-state index contributed by atoms with van der Waals surface area (Å²) < 4.78 is 42.8. The molecule has 1 rings (SSSR count). The molecular weight excluding hydrogens is 418 g/mol. The van der Waals surface area contributed by atoms with E-state index in [9.17, 15) is 18.1 Å². The summed E-state index contributed by atoms with van der Waals surface area (Å²) >= 11 is 1.43. The van der Waals surface area contributed by atoms with Gasteiger partial charge in [0.1, 0.15) is 16.4 Å². The van der Waals surface area contributed by atoms with Crippen molar-refractivity contribution in [2.24, 2.45) is 0 Å². The van der Waals surface area contributed by atoms with Crippen molar-refractivity contribution >= 4 is 33.2 Å². The fourth-order valence-electron chi connectivity index (χ4n) is 2.00. The molecule has 0 saturated carbocycles. The highest BCUT2D eigenvalue weighted by molar-refractivity contribution is 9.10. The molecule has 0 heterocycles.